The minimum absolute atomic E-state index is 0.127. The van der Waals surface area contributed by atoms with Crippen LogP contribution < -0.4 is 10.6 Å². The van der Waals surface area contributed by atoms with Crippen molar-refractivity contribution in [1.82, 2.24) is 19.9 Å². The Labute approximate surface area is 169 Å². The molecule has 3 aromatic rings. The van der Waals surface area contributed by atoms with Gasteiger partial charge in [0.2, 0.25) is 5.91 Å². The van der Waals surface area contributed by atoms with E-state index in [0.29, 0.717) is 23.7 Å². The third-order valence-corrected chi connectivity index (χ3v) is 4.20. The molecule has 148 valence electrons. The first-order valence-electron chi connectivity index (χ1n) is 9.12. The van der Waals surface area contributed by atoms with Gasteiger partial charge in [0.05, 0.1) is 0 Å². The lowest BCUT2D eigenvalue weighted by Gasteiger charge is -2.17. The average molecular weight is 390 g/mol. The largest absolute Gasteiger partial charge is 0.340 e. The van der Waals surface area contributed by atoms with Gasteiger partial charge in [0.25, 0.3) is 5.91 Å². The average Bonchev–Trinajstić information content (AvgIpc) is 2.73. The molecule has 8 nitrogen and oxygen atoms in total. The Bertz CT molecular complexity index is 976. The second-order valence-corrected chi connectivity index (χ2v) is 6.50. The zero-order valence-corrected chi connectivity index (χ0v) is 16.3. The summed E-state index contributed by atoms with van der Waals surface area (Å²) in [6.07, 6.45) is 5.57. The van der Waals surface area contributed by atoms with Gasteiger partial charge in [0, 0.05) is 50.4 Å². The van der Waals surface area contributed by atoms with Crippen LogP contribution >= 0.6 is 0 Å². The maximum absolute atomic E-state index is 12.7. The standard InChI is InChI=1S/C21H22N6O2/c1-15(28)25-17-3-5-18(6-4-17)26-20-13-19(23-14-24-20)21(29)27(2)12-9-16-7-10-22-11-8-16/h3-8,10-11,13-14H,9,12H2,1-2H3,(H,25,28)(H,23,24,26). The summed E-state index contributed by atoms with van der Waals surface area (Å²) in [6.45, 7) is 2.03. The quantitative estimate of drug-likeness (QED) is 0.643. The van der Waals surface area contributed by atoms with E-state index in [1.807, 2.05) is 24.3 Å². The molecule has 0 aliphatic heterocycles. The van der Waals surface area contributed by atoms with Crippen molar-refractivity contribution >= 4 is 29.0 Å². The van der Waals surface area contributed by atoms with E-state index in [-0.39, 0.29) is 11.8 Å². The zero-order valence-electron chi connectivity index (χ0n) is 16.3. The number of pyridine rings is 1. The highest BCUT2D eigenvalue weighted by molar-refractivity contribution is 5.93. The van der Waals surface area contributed by atoms with Crippen LogP contribution in [0.15, 0.2) is 61.2 Å². The number of hydrogen-bond donors (Lipinski definition) is 2. The van der Waals surface area contributed by atoms with Crippen LogP contribution in [0.1, 0.15) is 23.0 Å². The monoisotopic (exact) mass is 390 g/mol. The summed E-state index contributed by atoms with van der Waals surface area (Å²) in [5.41, 5.74) is 2.92. The number of anilines is 3. The fourth-order valence-electron chi connectivity index (χ4n) is 2.67. The van der Waals surface area contributed by atoms with E-state index >= 15 is 0 Å². The van der Waals surface area contributed by atoms with Gasteiger partial charge < -0.3 is 15.5 Å². The van der Waals surface area contributed by atoms with Gasteiger partial charge in [0.15, 0.2) is 0 Å². The van der Waals surface area contributed by atoms with Gasteiger partial charge in [-0.25, -0.2) is 9.97 Å². The summed E-state index contributed by atoms with van der Waals surface area (Å²) >= 11 is 0. The summed E-state index contributed by atoms with van der Waals surface area (Å²) in [5, 5.41) is 5.85. The van der Waals surface area contributed by atoms with E-state index in [9.17, 15) is 9.59 Å². The molecule has 2 N–H and O–H groups in total. The van der Waals surface area contributed by atoms with Gasteiger partial charge in [-0.1, -0.05) is 0 Å². The molecule has 2 amide bonds. The first-order chi connectivity index (χ1) is 14.0. The Morgan fingerprint density at radius 3 is 2.38 bits per heavy atom. The summed E-state index contributed by atoms with van der Waals surface area (Å²) in [7, 11) is 1.75. The van der Waals surface area contributed by atoms with Crippen molar-refractivity contribution in [3.8, 4) is 0 Å². The molecule has 0 bridgehead atoms. The number of nitrogens with one attached hydrogen (secondary N) is 2. The Balaban J connectivity index is 1.62. The number of aromatic nitrogens is 3. The molecule has 1 aromatic carbocycles. The Hall–Kier alpha value is -3.81. The van der Waals surface area contributed by atoms with Crippen LogP contribution in [0.4, 0.5) is 17.2 Å². The second-order valence-electron chi connectivity index (χ2n) is 6.50. The first-order valence-corrected chi connectivity index (χ1v) is 9.12. The summed E-state index contributed by atoms with van der Waals surface area (Å²) in [4.78, 5) is 37.7. The molecule has 0 saturated carbocycles. The van der Waals surface area contributed by atoms with Crippen LogP contribution in [0.25, 0.3) is 0 Å². The molecule has 0 unspecified atom stereocenters. The van der Waals surface area contributed by atoms with Crippen LogP contribution in [0.3, 0.4) is 0 Å². The lowest BCUT2D eigenvalue weighted by atomic mass is 10.2. The van der Waals surface area contributed by atoms with E-state index < -0.39 is 0 Å². The highest BCUT2D eigenvalue weighted by Crippen LogP contribution is 2.18. The fraction of sp³-hybridized carbons (Fsp3) is 0.190. The molecular weight excluding hydrogens is 368 g/mol. The smallest absolute Gasteiger partial charge is 0.272 e. The summed E-state index contributed by atoms with van der Waals surface area (Å²) in [5.74, 6) is 0.210. The SMILES string of the molecule is CC(=O)Nc1ccc(Nc2cc(C(=O)N(C)CCc3ccncc3)ncn2)cc1. The van der Waals surface area contributed by atoms with E-state index in [4.69, 9.17) is 0 Å². The van der Waals surface area contributed by atoms with Crippen LogP contribution in [0.5, 0.6) is 0 Å². The van der Waals surface area contributed by atoms with Gasteiger partial charge in [-0.15, -0.1) is 0 Å². The Morgan fingerprint density at radius 1 is 1.00 bits per heavy atom. The van der Waals surface area contributed by atoms with Crippen LogP contribution in [0.2, 0.25) is 0 Å². The van der Waals surface area contributed by atoms with Gasteiger partial charge in [0.1, 0.15) is 17.8 Å². The van der Waals surface area contributed by atoms with Crippen molar-refractivity contribution in [3.63, 3.8) is 0 Å². The minimum Gasteiger partial charge on any atom is -0.340 e. The molecule has 29 heavy (non-hydrogen) atoms. The van der Waals surface area contributed by atoms with E-state index in [1.165, 1.54) is 13.3 Å². The maximum atomic E-state index is 12.7. The molecule has 3 rings (SSSR count). The fourth-order valence-corrected chi connectivity index (χ4v) is 2.67. The molecule has 0 spiro atoms. The minimum atomic E-state index is -0.175. The van der Waals surface area contributed by atoms with Crippen molar-refractivity contribution < 1.29 is 9.59 Å². The number of hydrogen-bond acceptors (Lipinski definition) is 6. The Morgan fingerprint density at radius 2 is 1.69 bits per heavy atom. The maximum Gasteiger partial charge on any atom is 0.272 e. The van der Waals surface area contributed by atoms with Crippen LogP contribution in [-0.2, 0) is 11.2 Å². The van der Waals surface area contributed by atoms with Gasteiger partial charge in [-0.3, -0.25) is 14.6 Å². The molecule has 0 aliphatic rings. The van der Waals surface area contributed by atoms with Gasteiger partial charge in [-0.2, -0.15) is 0 Å². The second kappa shape index (κ2) is 9.41. The Kier molecular flexibility index (Phi) is 6.47. The van der Waals surface area contributed by atoms with E-state index in [1.54, 1.807) is 42.5 Å². The highest BCUT2D eigenvalue weighted by Gasteiger charge is 2.14. The number of benzene rings is 1. The molecule has 0 aliphatic carbocycles. The van der Waals surface area contributed by atoms with Gasteiger partial charge >= 0.3 is 0 Å². The topological polar surface area (TPSA) is 100 Å². The predicted molar refractivity (Wildman–Crippen MR) is 111 cm³/mol. The number of rotatable bonds is 7. The molecule has 0 fully saturated rings. The molecular formula is C21H22N6O2. The van der Waals surface area contributed by atoms with E-state index in [2.05, 4.69) is 25.6 Å². The molecule has 8 heteroatoms. The van der Waals surface area contributed by atoms with E-state index in [0.717, 1.165) is 17.7 Å². The summed E-state index contributed by atoms with van der Waals surface area (Å²) < 4.78 is 0. The lowest BCUT2D eigenvalue weighted by Crippen LogP contribution is -2.29. The third-order valence-electron chi connectivity index (χ3n) is 4.20. The van der Waals surface area contributed by atoms with Crippen molar-refractivity contribution in [2.75, 3.05) is 24.2 Å². The molecule has 2 heterocycles. The third kappa shape index (κ3) is 5.83. The number of amides is 2. The van der Waals surface area contributed by atoms with Crippen molar-refractivity contribution in [2.45, 2.75) is 13.3 Å². The summed E-state index contributed by atoms with van der Waals surface area (Å²) in [6, 6.07) is 12.7. The first kappa shape index (κ1) is 19.9. The van der Waals surface area contributed by atoms with Crippen LogP contribution in [-0.4, -0.2) is 45.3 Å². The zero-order chi connectivity index (χ0) is 20.6. The number of carbonyl (C=O) groups is 2. The number of nitrogens with zero attached hydrogens (tertiary/aromatic N) is 4. The number of likely N-dealkylation sites (N-methyl/N-ethyl adjacent to an activating group) is 1. The van der Waals surface area contributed by atoms with Crippen molar-refractivity contribution in [2.24, 2.45) is 0 Å². The molecule has 0 radical (unpaired) electrons. The predicted octanol–water partition coefficient (Wildman–Crippen LogP) is 2.89. The molecule has 0 atom stereocenters. The van der Waals surface area contributed by atoms with Gasteiger partial charge in [-0.05, 0) is 48.4 Å². The van der Waals surface area contributed by atoms with Crippen molar-refractivity contribution in [1.29, 1.82) is 0 Å². The molecule has 0 saturated heterocycles. The van der Waals surface area contributed by atoms with Crippen molar-refractivity contribution in [3.05, 3.63) is 72.4 Å². The highest BCUT2D eigenvalue weighted by atomic mass is 16.2. The van der Waals surface area contributed by atoms with Crippen LogP contribution in [0, 0.1) is 0 Å². The lowest BCUT2D eigenvalue weighted by molar-refractivity contribution is -0.114. The number of carbonyl (C=O) groups excluding carboxylic acids is 2. The molecule has 2 aromatic heterocycles. The normalized spacial score (nSPS) is 10.3.